The predicted octanol–water partition coefficient (Wildman–Crippen LogP) is -1.48. The molecule has 0 spiro atoms. The van der Waals surface area contributed by atoms with Gasteiger partial charge in [-0.1, -0.05) is 0 Å². The van der Waals surface area contributed by atoms with Crippen LogP contribution in [0.2, 0.25) is 0 Å². The van der Waals surface area contributed by atoms with Gasteiger partial charge in [0.1, 0.15) is 5.52 Å². The van der Waals surface area contributed by atoms with Gasteiger partial charge >= 0.3 is 17.6 Å². The number of carbonyl (C=O) groups is 2. The van der Waals surface area contributed by atoms with Crippen molar-refractivity contribution in [3.8, 4) is 0 Å². The number of nitrogens with zero attached hydrogens (tertiary/aromatic N) is 3. The summed E-state index contributed by atoms with van der Waals surface area (Å²) in [6.07, 6.45) is 1.66. The first-order valence-corrected chi connectivity index (χ1v) is 5.62. The summed E-state index contributed by atoms with van der Waals surface area (Å²) in [6.45, 7) is -0.665. The van der Waals surface area contributed by atoms with E-state index >= 15 is 0 Å². The van der Waals surface area contributed by atoms with Crippen LogP contribution in [0.25, 0.3) is 11.2 Å². The Labute approximate surface area is 115 Å². The van der Waals surface area contributed by atoms with Gasteiger partial charge in [0, 0.05) is 13.1 Å². The fourth-order valence-electron chi connectivity index (χ4n) is 1.83. The number of imidazole rings is 1. The number of nitrogens with one attached hydrogen (secondary N) is 1. The molecule has 10 heteroatoms. The highest BCUT2D eigenvalue weighted by Crippen LogP contribution is 2.02. The molecule has 10 nitrogen and oxygen atoms in total. The van der Waals surface area contributed by atoms with E-state index in [2.05, 4.69) is 9.97 Å². The van der Waals surface area contributed by atoms with Crippen molar-refractivity contribution in [3.05, 3.63) is 38.8 Å². The van der Waals surface area contributed by atoms with Gasteiger partial charge in [0.15, 0.2) is 5.65 Å². The van der Waals surface area contributed by atoms with E-state index < -0.39 is 35.3 Å². The van der Waals surface area contributed by atoms with Crippen LogP contribution in [0.15, 0.2) is 27.6 Å². The fourth-order valence-corrected chi connectivity index (χ4v) is 1.83. The number of fused-ring (bicyclic) bond motifs is 1. The van der Waals surface area contributed by atoms with Crippen LogP contribution in [0.1, 0.15) is 0 Å². The zero-order valence-corrected chi connectivity index (χ0v) is 10.7. The number of carboxylic acid groups (broad SMARTS) is 2. The van der Waals surface area contributed by atoms with Crippen LogP contribution in [0.4, 0.5) is 0 Å². The van der Waals surface area contributed by atoms with Gasteiger partial charge in [0.2, 0.25) is 0 Å². The molecule has 0 amide bonds. The molecule has 3 N–H and O–H groups in total. The Morgan fingerprint density at radius 1 is 1.38 bits per heavy atom. The van der Waals surface area contributed by atoms with E-state index in [1.807, 2.05) is 0 Å². The fraction of sp³-hybridized carbons (Fsp3) is 0.182. The lowest BCUT2D eigenvalue weighted by Gasteiger charge is -2.07. The van der Waals surface area contributed by atoms with Crippen molar-refractivity contribution in [1.82, 2.24) is 19.1 Å². The average molecular weight is 294 g/mol. The van der Waals surface area contributed by atoms with Crippen LogP contribution >= 0.6 is 0 Å². The quantitative estimate of drug-likeness (QED) is 0.582. The van der Waals surface area contributed by atoms with Gasteiger partial charge in [-0.15, -0.1) is 0 Å². The van der Waals surface area contributed by atoms with Gasteiger partial charge in [-0.05, 0) is 0 Å². The second-order valence-electron chi connectivity index (χ2n) is 4.15. The smallest absolute Gasteiger partial charge is 0.333 e. The molecule has 0 fully saturated rings. The molecule has 110 valence electrons. The predicted molar refractivity (Wildman–Crippen MR) is 68.9 cm³/mol. The van der Waals surface area contributed by atoms with E-state index in [0.717, 1.165) is 4.57 Å². The molecule has 21 heavy (non-hydrogen) atoms. The van der Waals surface area contributed by atoms with Gasteiger partial charge in [-0.3, -0.25) is 13.9 Å². The Kier molecular flexibility index (Phi) is 3.44. The Morgan fingerprint density at radius 2 is 2.05 bits per heavy atom. The van der Waals surface area contributed by atoms with Gasteiger partial charge in [0.05, 0.1) is 18.4 Å². The molecule has 0 aliphatic rings. The molecule has 0 saturated carbocycles. The zero-order valence-electron chi connectivity index (χ0n) is 10.7. The summed E-state index contributed by atoms with van der Waals surface area (Å²) in [6, 6.07) is 0. The number of hydrogen-bond acceptors (Lipinski definition) is 5. The maximum absolute atomic E-state index is 12.1. The molecule has 0 aromatic carbocycles. The third-order valence-corrected chi connectivity index (χ3v) is 2.81. The third kappa shape index (κ3) is 2.45. The van der Waals surface area contributed by atoms with Crippen molar-refractivity contribution < 1.29 is 19.8 Å². The molecule has 0 saturated heterocycles. The minimum Gasteiger partial charge on any atom is -0.478 e. The largest absolute Gasteiger partial charge is 0.478 e. The van der Waals surface area contributed by atoms with Crippen molar-refractivity contribution in [2.24, 2.45) is 7.05 Å². The van der Waals surface area contributed by atoms with Crippen molar-refractivity contribution in [2.45, 2.75) is 6.54 Å². The van der Waals surface area contributed by atoms with Crippen LogP contribution < -0.4 is 11.2 Å². The van der Waals surface area contributed by atoms with Crippen molar-refractivity contribution in [2.75, 3.05) is 0 Å². The van der Waals surface area contributed by atoms with Gasteiger partial charge in [-0.2, -0.15) is 0 Å². The molecule has 2 aromatic heterocycles. The second kappa shape index (κ2) is 5.07. The van der Waals surface area contributed by atoms with Crippen LogP contribution in [-0.4, -0.2) is 41.3 Å². The Balaban J connectivity index is 2.67. The van der Waals surface area contributed by atoms with Crippen molar-refractivity contribution in [3.63, 3.8) is 0 Å². The van der Waals surface area contributed by atoms with Crippen LogP contribution in [0.5, 0.6) is 0 Å². The normalized spacial score (nSPS) is 11.8. The van der Waals surface area contributed by atoms with Crippen molar-refractivity contribution in [1.29, 1.82) is 0 Å². The second-order valence-corrected chi connectivity index (χ2v) is 4.15. The van der Waals surface area contributed by atoms with E-state index in [1.54, 1.807) is 0 Å². The lowest BCUT2D eigenvalue weighted by Crippen LogP contribution is -2.40. The first-order valence-electron chi connectivity index (χ1n) is 5.62. The number of carboxylic acids is 2. The molecule has 0 radical (unpaired) electrons. The number of aliphatic carboxylic acids is 2. The standard InChI is InChI=1S/C11H10N4O6/c1-14-8-7(12-4-13-8)9(18)15(11(14)21)3-5(10(19)20)2-6(16)17/h2,4H,3H2,1H3,(H,12,13)(H,16,17)(H,19,20)/b5-2-. The molecular formula is C11H10N4O6. The summed E-state index contributed by atoms with van der Waals surface area (Å²) in [5, 5.41) is 17.5. The summed E-state index contributed by atoms with van der Waals surface area (Å²) in [4.78, 5) is 52.1. The minimum atomic E-state index is -1.53. The first-order chi connectivity index (χ1) is 9.82. The molecule has 0 atom stereocenters. The van der Waals surface area contributed by atoms with E-state index in [9.17, 15) is 19.2 Å². The average Bonchev–Trinajstić information content (AvgIpc) is 2.88. The van der Waals surface area contributed by atoms with Gasteiger partial charge in [0.25, 0.3) is 5.56 Å². The minimum absolute atomic E-state index is 0.0252. The lowest BCUT2D eigenvalue weighted by molar-refractivity contribution is -0.135. The lowest BCUT2D eigenvalue weighted by atomic mass is 10.2. The molecule has 0 unspecified atom stereocenters. The van der Waals surface area contributed by atoms with Crippen molar-refractivity contribution >= 4 is 23.1 Å². The maximum Gasteiger partial charge on any atom is 0.333 e. The molecule has 0 bridgehead atoms. The number of aryl methyl sites for hydroxylation is 1. The van der Waals surface area contributed by atoms with Gasteiger partial charge in [-0.25, -0.2) is 19.4 Å². The molecule has 0 aliphatic carbocycles. The summed E-state index contributed by atoms with van der Waals surface area (Å²) in [7, 11) is 1.36. The van der Waals surface area contributed by atoms with Crippen LogP contribution in [-0.2, 0) is 23.2 Å². The van der Waals surface area contributed by atoms with Crippen LogP contribution in [0.3, 0.4) is 0 Å². The topological polar surface area (TPSA) is 147 Å². The number of hydrogen-bond donors (Lipinski definition) is 3. The molecule has 2 heterocycles. The first kappa shape index (κ1) is 14.2. The summed E-state index contributed by atoms with van der Waals surface area (Å²) >= 11 is 0. The molecular weight excluding hydrogens is 284 g/mol. The number of H-pyrrole nitrogens is 1. The van der Waals surface area contributed by atoms with Gasteiger partial charge < -0.3 is 15.2 Å². The molecule has 0 aliphatic heterocycles. The van der Waals surface area contributed by atoms with E-state index in [-0.39, 0.29) is 11.2 Å². The maximum atomic E-state index is 12.1. The number of aromatic amines is 1. The zero-order chi connectivity index (χ0) is 15.7. The SMILES string of the molecule is Cn1c(=O)n(C/C(=C/C(=O)O)C(=O)O)c(=O)c2[nH]cnc21. The number of aromatic nitrogens is 4. The molecule has 2 rings (SSSR count). The highest BCUT2D eigenvalue weighted by molar-refractivity contribution is 5.94. The van der Waals surface area contributed by atoms with Crippen LogP contribution in [0, 0.1) is 0 Å². The Hall–Kier alpha value is -3.17. The Bertz CT molecular complexity index is 884. The Morgan fingerprint density at radius 3 is 2.62 bits per heavy atom. The highest BCUT2D eigenvalue weighted by atomic mass is 16.4. The third-order valence-electron chi connectivity index (χ3n) is 2.81. The van der Waals surface area contributed by atoms with E-state index in [0.29, 0.717) is 10.6 Å². The molecule has 2 aromatic rings. The summed E-state index contributed by atoms with van der Waals surface area (Å²) in [5.74, 6) is -3.02. The number of rotatable bonds is 4. The monoisotopic (exact) mass is 294 g/mol. The summed E-state index contributed by atoms with van der Waals surface area (Å²) in [5.41, 5.74) is -2.02. The summed E-state index contributed by atoms with van der Waals surface area (Å²) < 4.78 is 1.69. The van der Waals surface area contributed by atoms with E-state index in [1.165, 1.54) is 13.4 Å². The van der Waals surface area contributed by atoms with E-state index in [4.69, 9.17) is 10.2 Å². The highest BCUT2D eigenvalue weighted by Gasteiger charge is 2.17.